The summed E-state index contributed by atoms with van der Waals surface area (Å²) in [7, 11) is 0. The molecular weight excluding hydrogens is 310 g/mol. The Morgan fingerprint density at radius 3 is 2.56 bits per heavy atom. The van der Waals surface area contributed by atoms with Gasteiger partial charge in [0.25, 0.3) is 0 Å². The van der Waals surface area contributed by atoms with Crippen molar-refractivity contribution in [2.24, 2.45) is 5.92 Å². The van der Waals surface area contributed by atoms with Crippen LogP contribution in [0.3, 0.4) is 0 Å². The Labute approximate surface area is 149 Å². The summed E-state index contributed by atoms with van der Waals surface area (Å²) in [5.74, 6) is 0.645. The van der Waals surface area contributed by atoms with E-state index in [1.165, 1.54) is 30.2 Å². The molecule has 1 amide bonds. The number of amides is 1. The average Bonchev–Trinajstić information content (AvgIpc) is 2.69. The molecule has 25 heavy (non-hydrogen) atoms. The Balaban J connectivity index is 1.36. The fourth-order valence-electron chi connectivity index (χ4n) is 4.25. The van der Waals surface area contributed by atoms with E-state index in [1.54, 1.807) is 0 Å². The molecule has 2 aliphatic rings. The number of carbonyl (C=O) groups excluding carboxylic acids is 1. The van der Waals surface area contributed by atoms with Crippen LogP contribution < -0.4 is 0 Å². The molecule has 4 heteroatoms. The monoisotopic (exact) mass is 337 g/mol. The molecule has 132 valence electrons. The van der Waals surface area contributed by atoms with Gasteiger partial charge in [-0.25, -0.2) is 0 Å². The molecule has 0 unspecified atom stereocenters. The lowest BCUT2D eigenvalue weighted by molar-refractivity contribution is -0.138. The Kier molecular flexibility index (Phi) is 4.97. The van der Waals surface area contributed by atoms with E-state index in [4.69, 9.17) is 0 Å². The molecule has 2 fully saturated rings. The van der Waals surface area contributed by atoms with Crippen LogP contribution in [0.15, 0.2) is 36.5 Å². The predicted octanol–water partition coefficient (Wildman–Crippen LogP) is 3.46. The number of nitrogens with zero attached hydrogens (tertiary/aromatic N) is 3. The van der Waals surface area contributed by atoms with Gasteiger partial charge in [0, 0.05) is 37.1 Å². The first-order valence-electron chi connectivity index (χ1n) is 9.65. The minimum Gasteiger partial charge on any atom is -0.342 e. The highest BCUT2D eigenvalue weighted by Crippen LogP contribution is 2.24. The number of hydrogen-bond acceptors (Lipinski definition) is 3. The van der Waals surface area contributed by atoms with Crippen molar-refractivity contribution in [1.29, 1.82) is 0 Å². The summed E-state index contributed by atoms with van der Waals surface area (Å²) in [4.78, 5) is 21.8. The molecule has 3 heterocycles. The smallest absolute Gasteiger partial charge is 0.225 e. The number of rotatable bonds is 3. The topological polar surface area (TPSA) is 36.4 Å². The fraction of sp³-hybridized carbons (Fsp3) is 0.524. The van der Waals surface area contributed by atoms with Crippen molar-refractivity contribution in [2.75, 3.05) is 26.2 Å². The van der Waals surface area contributed by atoms with Crippen LogP contribution in [0.2, 0.25) is 0 Å². The maximum absolute atomic E-state index is 12.7. The lowest BCUT2D eigenvalue weighted by Crippen LogP contribution is -2.44. The van der Waals surface area contributed by atoms with Gasteiger partial charge in [-0.3, -0.25) is 14.7 Å². The molecule has 1 aromatic heterocycles. The number of fused-ring (bicyclic) bond motifs is 1. The van der Waals surface area contributed by atoms with Crippen LogP contribution in [0.5, 0.6) is 0 Å². The number of hydrogen-bond donors (Lipinski definition) is 0. The number of aromatic nitrogens is 1. The van der Waals surface area contributed by atoms with E-state index in [0.717, 1.165) is 51.1 Å². The van der Waals surface area contributed by atoms with Gasteiger partial charge in [0.15, 0.2) is 0 Å². The first-order chi connectivity index (χ1) is 12.3. The molecule has 0 atom stereocenters. The highest BCUT2D eigenvalue weighted by molar-refractivity contribution is 5.81. The summed E-state index contributed by atoms with van der Waals surface area (Å²) in [5, 5.41) is 1.20. The van der Waals surface area contributed by atoms with Crippen LogP contribution in [-0.2, 0) is 11.3 Å². The molecule has 4 rings (SSSR count). The van der Waals surface area contributed by atoms with Gasteiger partial charge in [0.1, 0.15) is 0 Å². The van der Waals surface area contributed by atoms with Gasteiger partial charge in [0.05, 0.1) is 5.52 Å². The number of benzene rings is 1. The zero-order valence-electron chi connectivity index (χ0n) is 14.9. The van der Waals surface area contributed by atoms with Gasteiger partial charge in [0.2, 0.25) is 5.91 Å². The van der Waals surface area contributed by atoms with Crippen LogP contribution in [0, 0.1) is 5.92 Å². The van der Waals surface area contributed by atoms with Crippen LogP contribution >= 0.6 is 0 Å². The molecule has 0 spiro atoms. The van der Waals surface area contributed by atoms with Crippen LogP contribution in [-0.4, -0.2) is 46.9 Å². The minimum absolute atomic E-state index is 0.236. The third-order valence-electron chi connectivity index (χ3n) is 5.71. The van der Waals surface area contributed by atoms with Gasteiger partial charge in [-0.05, 0) is 56.8 Å². The number of carbonyl (C=O) groups is 1. The van der Waals surface area contributed by atoms with E-state index in [9.17, 15) is 4.79 Å². The molecule has 0 bridgehead atoms. The van der Waals surface area contributed by atoms with Crippen molar-refractivity contribution in [3.05, 3.63) is 42.1 Å². The van der Waals surface area contributed by atoms with E-state index >= 15 is 0 Å². The van der Waals surface area contributed by atoms with E-state index in [1.807, 2.05) is 12.3 Å². The van der Waals surface area contributed by atoms with Crippen molar-refractivity contribution in [2.45, 2.75) is 38.6 Å². The van der Waals surface area contributed by atoms with Gasteiger partial charge >= 0.3 is 0 Å². The summed E-state index contributed by atoms with van der Waals surface area (Å²) in [5.41, 5.74) is 2.40. The number of likely N-dealkylation sites (tertiary alicyclic amines) is 2. The van der Waals surface area contributed by atoms with Crippen molar-refractivity contribution in [3.63, 3.8) is 0 Å². The molecule has 0 N–H and O–H groups in total. The summed E-state index contributed by atoms with van der Waals surface area (Å²) in [6.45, 7) is 4.89. The van der Waals surface area contributed by atoms with Gasteiger partial charge in [-0.1, -0.05) is 24.3 Å². The van der Waals surface area contributed by atoms with Crippen LogP contribution in [0.4, 0.5) is 0 Å². The molecule has 0 aliphatic carbocycles. The largest absolute Gasteiger partial charge is 0.342 e. The van der Waals surface area contributed by atoms with E-state index in [0.29, 0.717) is 5.91 Å². The van der Waals surface area contributed by atoms with Crippen molar-refractivity contribution >= 4 is 16.8 Å². The standard InChI is InChI=1S/C21H27N3O/c25-21(24-12-2-1-3-13-24)18-9-14-23(15-10-18)16-19-7-4-6-17-8-5-11-22-20(17)19/h4-8,11,18H,1-3,9-10,12-16H2. The number of pyridine rings is 1. The molecular formula is C21H27N3O. The SMILES string of the molecule is O=C(C1CCN(Cc2cccc3cccnc23)CC1)N1CCCCC1. The average molecular weight is 337 g/mol. The summed E-state index contributed by atoms with van der Waals surface area (Å²) in [6.07, 6.45) is 7.50. The highest BCUT2D eigenvalue weighted by Gasteiger charge is 2.29. The van der Waals surface area contributed by atoms with E-state index in [-0.39, 0.29) is 5.92 Å². The molecule has 1 aromatic carbocycles. The summed E-state index contributed by atoms with van der Waals surface area (Å²) >= 11 is 0. The second kappa shape index (κ2) is 7.52. The maximum Gasteiger partial charge on any atom is 0.225 e. The summed E-state index contributed by atoms with van der Waals surface area (Å²) in [6, 6.07) is 10.5. The van der Waals surface area contributed by atoms with E-state index < -0.39 is 0 Å². The Morgan fingerprint density at radius 2 is 1.76 bits per heavy atom. The minimum atomic E-state index is 0.236. The van der Waals surface area contributed by atoms with E-state index in [2.05, 4.69) is 39.0 Å². The molecule has 2 saturated heterocycles. The molecule has 0 saturated carbocycles. The molecule has 4 nitrogen and oxygen atoms in total. The molecule has 2 aromatic rings. The molecule has 2 aliphatic heterocycles. The van der Waals surface area contributed by atoms with Gasteiger partial charge < -0.3 is 4.90 Å². The van der Waals surface area contributed by atoms with Crippen LogP contribution in [0.1, 0.15) is 37.7 Å². The quantitative estimate of drug-likeness (QED) is 0.860. The summed E-state index contributed by atoms with van der Waals surface area (Å²) < 4.78 is 0. The predicted molar refractivity (Wildman–Crippen MR) is 100 cm³/mol. The molecule has 0 radical (unpaired) electrons. The van der Waals surface area contributed by atoms with Crippen molar-refractivity contribution in [1.82, 2.24) is 14.8 Å². The first-order valence-corrected chi connectivity index (χ1v) is 9.65. The number of para-hydroxylation sites is 1. The van der Waals surface area contributed by atoms with Crippen LogP contribution in [0.25, 0.3) is 10.9 Å². The first kappa shape index (κ1) is 16.5. The second-order valence-electron chi connectivity index (χ2n) is 7.43. The van der Waals surface area contributed by atoms with Gasteiger partial charge in [-0.15, -0.1) is 0 Å². The lowest BCUT2D eigenvalue weighted by Gasteiger charge is -2.35. The Hall–Kier alpha value is -1.94. The Bertz CT molecular complexity index is 726. The van der Waals surface area contributed by atoms with Crippen molar-refractivity contribution in [3.8, 4) is 0 Å². The normalized spacial score (nSPS) is 20.1. The maximum atomic E-state index is 12.7. The number of piperidine rings is 2. The zero-order chi connectivity index (χ0) is 17.1. The fourth-order valence-corrected chi connectivity index (χ4v) is 4.25. The second-order valence-corrected chi connectivity index (χ2v) is 7.43. The third kappa shape index (κ3) is 3.69. The Morgan fingerprint density at radius 1 is 1.00 bits per heavy atom. The van der Waals surface area contributed by atoms with Gasteiger partial charge in [-0.2, -0.15) is 0 Å². The van der Waals surface area contributed by atoms with Crippen molar-refractivity contribution < 1.29 is 4.79 Å². The highest BCUT2D eigenvalue weighted by atomic mass is 16.2. The zero-order valence-corrected chi connectivity index (χ0v) is 14.9. The third-order valence-corrected chi connectivity index (χ3v) is 5.71. The lowest BCUT2D eigenvalue weighted by atomic mass is 9.94.